The zero-order chi connectivity index (χ0) is 16.8. The SMILES string of the molecule is COc1cccc(CCNC(=O)N2CCC(C(N)=O)C2)c1OC. The van der Waals surface area contributed by atoms with Gasteiger partial charge in [-0.3, -0.25) is 4.79 Å². The van der Waals surface area contributed by atoms with E-state index in [-0.39, 0.29) is 17.9 Å². The van der Waals surface area contributed by atoms with Gasteiger partial charge in [0.05, 0.1) is 20.1 Å². The maximum atomic E-state index is 12.1. The first-order valence-electron chi connectivity index (χ1n) is 7.58. The Hall–Kier alpha value is -2.44. The van der Waals surface area contributed by atoms with Crippen LogP contribution in [0, 0.1) is 5.92 Å². The van der Waals surface area contributed by atoms with E-state index in [2.05, 4.69) is 5.32 Å². The first kappa shape index (κ1) is 16.9. The second-order valence-electron chi connectivity index (χ2n) is 5.47. The average Bonchev–Trinajstić information content (AvgIpc) is 3.04. The van der Waals surface area contributed by atoms with Crippen LogP contribution < -0.4 is 20.5 Å². The Morgan fingerprint density at radius 3 is 2.74 bits per heavy atom. The molecule has 2 rings (SSSR count). The van der Waals surface area contributed by atoms with E-state index >= 15 is 0 Å². The van der Waals surface area contributed by atoms with Crippen molar-refractivity contribution in [3.05, 3.63) is 23.8 Å². The van der Waals surface area contributed by atoms with Crippen molar-refractivity contribution < 1.29 is 19.1 Å². The van der Waals surface area contributed by atoms with Crippen LogP contribution in [0.4, 0.5) is 4.79 Å². The van der Waals surface area contributed by atoms with Gasteiger partial charge < -0.3 is 25.4 Å². The van der Waals surface area contributed by atoms with Crippen molar-refractivity contribution in [2.24, 2.45) is 11.7 Å². The molecule has 1 aromatic carbocycles. The van der Waals surface area contributed by atoms with Crippen LogP contribution in [0.1, 0.15) is 12.0 Å². The standard InChI is InChI=1S/C16H23N3O4/c1-22-13-5-3-4-11(14(13)23-2)6-8-18-16(21)19-9-7-12(10-19)15(17)20/h3-5,12H,6-10H2,1-2H3,(H2,17,20)(H,18,21). The maximum Gasteiger partial charge on any atom is 0.317 e. The number of nitrogens with zero attached hydrogens (tertiary/aromatic N) is 1. The number of benzene rings is 1. The molecular formula is C16H23N3O4. The Labute approximate surface area is 135 Å². The molecule has 1 aromatic rings. The zero-order valence-electron chi connectivity index (χ0n) is 13.5. The van der Waals surface area contributed by atoms with Gasteiger partial charge in [0.2, 0.25) is 5.91 Å². The second-order valence-corrected chi connectivity index (χ2v) is 5.47. The molecule has 7 nitrogen and oxygen atoms in total. The third-order valence-electron chi connectivity index (χ3n) is 4.03. The zero-order valence-corrected chi connectivity index (χ0v) is 13.5. The molecule has 3 amide bonds. The highest BCUT2D eigenvalue weighted by Gasteiger charge is 2.29. The number of carbonyl (C=O) groups is 2. The van der Waals surface area contributed by atoms with Crippen LogP contribution in [0.3, 0.4) is 0 Å². The lowest BCUT2D eigenvalue weighted by atomic mass is 10.1. The summed E-state index contributed by atoms with van der Waals surface area (Å²) in [5.41, 5.74) is 6.23. The average molecular weight is 321 g/mol. The van der Waals surface area contributed by atoms with Crippen molar-refractivity contribution in [1.29, 1.82) is 0 Å². The number of hydrogen-bond acceptors (Lipinski definition) is 4. The molecule has 0 aliphatic carbocycles. The van der Waals surface area contributed by atoms with E-state index < -0.39 is 0 Å². The van der Waals surface area contributed by atoms with E-state index in [1.807, 2.05) is 18.2 Å². The minimum Gasteiger partial charge on any atom is -0.493 e. The summed E-state index contributed by atoms with van der Waals surface area (Å²) in [6.07, 6.45) is 1.26. The fourth-order valence-corrected chi connectivity index (χ4v) is 2.74. The van der Waals surface area contributed by atoms with Crippen LogP contribution in [-0.2, 0) is 11.2 Å². The van der Waals surface area contributed by atoms with Gasteiger partial charge in [0.15, 0.2) is 11.5 Å². The van der Waals surface area contributed by atoms with Crippen molar-refractivity contribution in [3.63, 3.8) is 0 Å². The van der Waals surface area contributed by atoms with E-state index in [4.69, 9.17) is 15.2 Å². The lowest BCUT2D eigenvalue weighted by Crippen LogP contribution is -2.40. The Balaban J connectivity index is 1.86. The molecule has 3 N–H and O–H groups in total. The number of urea groups is 1. The topological polar surface area (TPSA) is 93.9 Å². The molecule has 126 valence electrons. The third kappa shape index (κ3) is 4.06. The van der Waals surface area contributed by atoms with Gasteiger partial charge in [0, 0.05) is 19.6 Å². The largest absolute Gasteiger partial charge is 0.493 e. The Bertz CT molecular complexity index is 576. The number of nitrogens with one attached hydrogen (secondary N) is 1. The van der Waals surface area contributed by atoms with Gasteiger partial charge in [-0.2, -0.15) is 0 Å². The smallest absolute Gasteiger partial charge is 0.317 e. The second kappa shape index (κ2) is 7.71. The summed E-state index contributed by atoms with van der Waals surface area (Å²) in [6, 6.07) is 5.48. The summed E-state index contributed by atoms with van der Waals surface area (Å²) in [5.74, 6) is 0.764. The van der Waals surface area contributed by atoms with E-state index in [0.717, 1.165) is 5.56 Å². The van der Waals surface area contributed by atoms with Crippen molar-refractivity contribution in [2.75, 3.05) is 33.9 Å². The molecule has 0 radical (unpaired) electrons. The van der Waals surface area contributed by atoms with Crippen molar-refractivity contribution in [3.8, 4) is 11.5 Å². The number of rotatable bonds is 6. The lowest BCUT2D eigenvalue weighted by Gasteiger charge is -2.17. The number of methoxy groups -OCH3 is 2. The molecule has 0 aromatic heterocycles. The molecule has 1 aliphatic heterocycles. The number of likely N-dealkylation sites (tertiary alicyclic amines) is 1. The predicted octanol–water partition coefficient (Wildman–Crippen LogP) is 0.763. The Morgan fingerprint density at radius 1 is 1.35 bits per heavy atom. The van der Waals surface area contributed by atoms with E-state index in [9.17, 15) is 9.59 Å². The minimum absolute atomic E-state index is 0.171. The number of ether oxygens (including phenoxy) is 2. The summed E-state index contributed by atoms with van der Waals surface area (Å²) in [5, 5.41) is 2.86. The van der Waals surface area contributed by atoms with Gasteiger partial charge in [-0.1, -0.05) is 12.1 Å². The molecule has 1 aliphatic rings. The third-order valence-corrected chi connectivity index (χ3v) is 4.03. The van der Waals surface area contributed by atoms with Gasteiger partial charge in [-0.05, 0) is 24.5 Å². The number of primary amides is 1. The molecule has 0 saturated carbocycles. The monoisotopic (exact) mass is 321 g/mol. The summed E-state index contributed by atoms with van der Waals surface area (Å²) >= 11 is 0. The Kier molecular flexibility index (Phi) is 5.67. The molecule has 7 heteroatoms. The molecule has 0 bridgehead atoms. The summed E-state index contributed by atoms with van der Waals surface area (Å²) < 4.78 is 10.6. The van der Waals surface area contributed by atoms with Crippen LogP contribution in [0.5, 0.6) is 11.5 Å². The molecule has 1 unspecified atom stereocenters. The molecule has 1 fully saturated rings. The Morgan fingerprint density at radius 2 is 2.13 bits per heavy atom. The number of hydrogen-bond donors (Lipinski definition) is 2. The normalized spacial score (nSPS) is 17.0. The highest BCUT2D eigenvalue weighted by atomic mass is 16.5. The van der Waals surface area contributed by atoms with Crippen LogP contribution in [0.15, 0.2) is 18.2 Å². The number of nitrogens with two attached hydrogens (primary N) is 1. The highest BCUT2D eigenvalue weighted by Crippen LogP contribution is 2.30. The van der Waals surface area contributed by atoms with Crippen LogP contribution in [-0.4, -0.2) is 50.7 Å². The van der Waals surface area contributed by atoms with Gasteiger partial charge in [-0.15, -0.1) is 0 Å². The minimum atomic E-state index is -0.346. The molecule has 1 saturated heterocycles. The molecule has 1 heterocycles. The summed E-state index contributed by atoms with van der Waals surface area (Å²) in [4.78, 5) is 24.8. The van der Waals surface area contributed by atoms with Crippen LogP contribution in [0.25, 0.3) is 0 Å². The van der Waals surface area contributed by atoms with E-state index in [1.54, 1.807) is 19.1 Å². The molecule has 1 atom stereocenters. The number of carbonyl (C=O) groups excluding carboxylic acids is 2. The van der Waals surface area contributed by atoms with E-state index in [0.29, 0.717) is 44.0 Å². The maximum absolute atomic E-state index is 12.1. The predicted molar refractivity (Wildman–Crippen MR) is 85.5 cm³/mol. The van der Waals surface area contributed by atoms with Gasteiger partial charge in [-0.25, -0.2) is 4.79 Å². The highest BCUT2D eigenvalue weighted by molar-refractivity contribution is 5.80. The van der Waals surface area contributed by atoms with Gasteiger partial charge in [0.1, 0.15) is 0 Å². The summed E-state index contributed by atoms with van der Waals surface area (Å²) in [6.45, 7) is 1.42. The van der Waals surface area contributed by atoms with E-state index in [1.165, 1.54) is 0 Å². The fourth-order valence-electron chi connectivity index (χ4n) is 2.74. The lowest BCUT2D eigenvalue weighted by molar-refractivity contribution is -0.121. The van der Waals surface area contributed by atoms with Crippen LogP contribution >= 0.6 is 0 Å². The first-order chi connectivity index (χ1) is 11.1. The fraction of sp³-hybridized carbons (Fsp3) is 0.500. The van der Waals surface area contributed by atoms with Crippen molar-refractivity contribution >= 4 is 11.9 Å². The number of para-hydroxylation sites is 1. The quantitative estimate of drug-likeness (QED) is 0.809. The van der Waals surface area contributed by atoms with Gasteiger partial charge >= 0.3 is 6.03 Å². The van der Waals surface area contributed by atoms with Crippen molar-refractivity contribution in [2.45, 2.75) is 12.8 Å². The van der Waals surface area contributed by atoms with Crippen LogP contribution in [0.2, 0.25) is 0 Å². The van der Waals surface area contributed by atoms with Crippen molar-refractivity contribution in [1.82, 2.24) is 10.2 Å². The molecule has 23 heavy (non-hydrogen) atoms. The number of amides is 3. The first-order valence-corrected chi connectivity index (χ1v) is 7.58. The molecule has 0 spiro atoms. The van der Waals surface area contributed by atoms with Gasteiger partial charge in [0.25, 0.3) is 0 Å². The molecular weight excluding hydrogens is 298 g/mol. The summed E-state index contributed by atoms with van der Waals surface area (Å²) in [7, 11) is 3.18.